The quantitative estimate of drug-likeness (QED) is 0.388. The summed E-state index contributed by atoms with van der Waals surface area (Å²) in [4.78, 5) is 25.1. The largest absolute Gasteiger partial charge is 0.475 e. The molecule has 1 fully saturated rings. The van der Waals surface area contributed by atoms with Gasteiger partial charge in [0.15, 0.2) is 0 Å². The summed E-state index contributed by atoms with van der Waals surface area (Å²) in [6, 6.07) is 13.5. The number of hydrogen-bond acceptors (Lipinski definition) is 7. The van der Waals surface area contributed by atoms with Gasteiger partial charge in [0, 0.05) is 23.7 Å². The van der Waals surface area contributed by atoms with Crippen LogP contribution in [0.5, 0.6) is 5.88 Å². The molecule has 2 aliphatic rings. The van der Waals surface area contributed by atoms with Gasteiger partial charge in [-0.3, -0.25) is 4.79 Å². The van der Waals surface area contributed by atoms with Crippen molar-refractivity contribution in [2.24, 2.45) is 11.3 Å². The lowest BCUT2D eigenvalue weighted by Crippen LogP contribution is -2.48. The number of fused-ring (bicyclic) bond motifs is 4. The molecule has 43 heavy (non-hydrogen) atoms. The van der Waals surface area contributed by atoms with Crippen LogP contribution < -0.4 is 9.46 Å². The van der Waals surface area contributed by atoms with Crippen molar-refractivity contribution in [2.75, 3.05) is 17.9 Å². The van der Waals surface area contributed by atoms with E-state index in [0.717, 1.165) is 29.5 Å². The van der Waals surface area contributed by atoms with Crippen molar-refractivity contribution < 1.29 is 23.1 Å². The molecule has 3 aromatic rings. The van der Waals surface area contributed by atoms with Crippen LogP contribution in [0.25, 0.3) is 11.3 Å². The van der Waals surface area contributed by atoms with Gasteiger partial charge in [-0.2, -0.15) is 4.98 Å². The minimum Gasteiger partial charge on any atom is -0.475 e. The van der Waals surface area contributed by atoms with Crippen LogP contribution in [0, 0.1) is 25.2 Å². The van der Waals surface area contributed by atoms with Crippen LogP contribution in [0.2, 0.25) is 0 Å². The van der Waals surface area contributed by atoms with E-state index in [2.05, 4.69) is 35.5 Å². The highest BCUT2D eigenvalue weighted by molar-refractivity contribution is 7.92. The van der Waals surface area contributed by atoms with Gasteiger partial charge < -0.3 is 14.7 Å². The van der Waals surface area contributed by atoms with Gasteiger partial charge in [-0.1, -0.05) is 45.0 Å². The van der Waals surface area contributed by atoms with Crippen molar-refractivity contribution >= 4 is 21.9 Å². The van der Waals surface area contributed by atoms with Crippen molar-refractivity contribution in [3.05, 3.63) is 65.2 Å². The van der Waals surface area contributed by atoms with E-state index in [-0.39, 0.29) is 52.7 Å². The third kappa shape index (κ3) is 7.36. The van der Waals surface area contributed by atoms with Crippen molar-refractivity contribution in [3.8, 4) is 17.1 Å². The van der Waals surface area contributed by atoms with E-state index in [4.69, 9.17) is 4.74 Å². The number of nitrogens with one attached hydrogen (secondary N) is 1. The average molecular weight is 607 g/mol. The molecule has 0 saturated heterocycles. The first-order valence-electron chi connectivity index (χ1n) is 15.0. The van der Waals surface area contributed by atoms with E-state index in [1.54, 1.807) is 18.2 Å². The number of hydrogen-bond donors (Lipinski definition) is 2. The van der Waals surface area contributed by atoms with E-state index in [0.29, 0.717) is 37.1 Å². The Morgan fingerprint density at radius 2 is 1.67 bits per heavy atom. The molecule has 1 aliphatic heterocycles. The number of aromatic nitrogens is 2. The number of ether oxygens (including phenoxy) is 1. The Hall–Kier alpha value is -3.50. The fourth-order valence-corrected chi connectivity index (χ4v) is 7.17. The molecule has 2 N–H and O–H groups in total. The van der Waals surface area contributed by atoms with Crippen LogP contribution >= 0.6 is 0 Å². The number of carbonyl (C=O) groups excluding carboxylic acids is 1. The van der Waals surface area contributed by atoms with Gasteiger partial charge in [0.05, 0.1) is 22.7 Å². The van der Waals surface area contributed by atoms with Crippen molar-refractivity contribution in [3.63, 3.8) is 0 Å². The van der Waals surface area contributed by atoms with Gasteiger partial charge in [0.2, 0.25) is 11.8 Å². The van der Waals surface area contributed by atoms with E-state index in [1.807, 2.05) is 36.9 Å². The molecule has 230 valence electrons. The number of aliphatic hydroxyl groups excluding tert-OH is 1. The molecule has 1 aliphatic carbocycles. The van der Waals surface area contributed by atoms with Gasteiger partial charge in [-0.25, -0.2) is 18.1 Å². The zero-order valence-electron chi connectivity index (χ0n) is 25.6. The third-order valence-electron chi connectivity index (χ3n) is 8.30. The normalized spacial score (nSPS) is 22.4. The molecule has 2 heterocycles. The van der Waals surface area contributed by atoms with Crippen LogP contribution in [-0.4, -0.2) is 59.6 Å². The van der Waals surface area contributed by atoms with E-state index in [9.17, 15) is 18.3 Å². The van der Waals surface area contributed by atoms with E-state index in [1.165, 1.54) is 12.1 Å². The Bertz CT molecular complexity index is 1570. The first kappa shape index (κ1) is 30.9. The number of aliphatic hydroxyl groups is 1. The number of anilines is 1. The molecule has 10 heteroatoms. The fraction of sp³-hybridized carbons (Fsp3) is 0.485. The van der Waals surface area contributed by atoms with Gasteiger partial charge in [0.1, 0.15) is 6.61 Å². The summed E-state index contributed by atoms with van der Waals surface area (Å²) in [6.45, 7) is 11.0. The number of sulfonamides is 1. The summed E-state index contributed by atoms with van der Waals surface area (Å²) in [7, 11) is -4.12. The molecule has 0 spiro atoms. The summed E-state index contributed by atoms with van der Waals surface area (Å²) in [6.07, 6.45) is 3.41. The predicted molar refractivity (Wildman–Crippen MR) is 167 cm³/mol. The van der Waals surface area contributed by atoms with E-state index >= 15 is 0 Å². The van der Waals surface area contributed by atoms with Gasteiger partial charge in [0.25, 0.3) is 15.9 Å². The molecular weight excluding hydrogens is 564 g/mol. The molecule has 1 amide bonds. The van der Waals surface area contributed by atoms with Crippen LogP contribution in [-0.2, 0) is 10.0 Å². The number of aryl methyl sites for hydroxylation is 2. The number of rotatable bonds is 4. The summed E-state index contributed by atoms with van der Waals surface area (Å²) >= 11 is 0. The maximum absolute atomic E-state index is 14.2. The lowest BCUT2D eigenvalue weighted by Gasteiger charge is -2.39. The Morgan fingerprint density at radius 1 is 1.00 bits per heavy atom. The average Bonchev–Trinajstić information content (AvgIpc) is 2.93. The minimum absolute atomic E-state index is 0.0470. The lowest BCUT2D eigenvalue weighted by atomic mass is 9.84. The van der Waals surface area contributed by atoms with Gasteiger partial charge in [-0.15, -0.1) is 0 Å². The van der Waals surface area contributed by atoms with E-state index < -0.39 is 10.0 Å². The second-order valence-electron chi connectivity index (χ2n) is 13.2. The fourth-order valence-electron chi connectivity index (χ4n) is 6.18. The highest BCUT2D eigenvalue weighted by Crippen LogP contribution is 2.33. The molecule has 1 atom stereocenters. The van der Waals surface area contributed by atoms with Gasteiger partial charge >= 0.3 is 0 Å². The highest BCUT2D eigenvalue weighted by atomic mass is 32.2. The van der Waals surface area contributed by atoms with Crippen molar-refractivity contribution in [1.29, 1.82) is 0 Å². The molecule has 5 rings (SSSR count). The Balaban J connectivity index is 1.63. The summed E-state index contributed by atoms with van der Waals surface area (Å²) < 4.78 is 36.0. The summed E-state index contributed by atoms with van der Waals surface area (Å²) in [5.41, 5.74) is 3.57. The summed E-state index contributed by atoms with van der Waals surface area (Å²) in [5.74, 6) is 0.106. The lowest BCUT2D eigenvalue weighted by molar-refractivity contribution is 0.0406. The second kappa shape index (κ2) is 12.2. The van der Waals surface area contributed by atoms with Crippen molar-refractivity contribution in [1.82, 2.24) is 14.9 Å². The second-order valence-corrected chi connectivity index (χ2v) is 14.9. The van der Waals surface area contributed by atoms with Crippen LogP contribution in [0.15, 0.2) is 53.4 Å². The third-order valence-corrected chi connectivity index (χ3v) is 9.63. The zero-order chi connectivity index (χ0) is 30.9. The molecule has 0 unspecified atom stereocenters. The van der Waals surface area contributed by atoms with Crippen LogP contribution in [0.3, 0.4) is 0 Å². The Kier molecular flexibility index (Phi) is 8.81. The maximum Gasteiger partial charge on any atom is 0.264 e. The molecule has 0 radical (unpaired) electrons. The predicted octanol–water partition coefficient (Wildman–Crippen LogP) is 5.75. The topological polar surface area (TPSA) is 122 Å². The maximum atomic E-state index is 14.2. The molecule has 1 saturated carbocycles. The van der Waals surface area contributed by atoms with Crippen LogP contribution in [0.1, 0.15) is 74.4 Å². The first-order chi connectivity index (χ1) is 20.3. The summed E-state index contributed by atoms with van der Waals surface area (Å²) in [5, 5.41) is 10.1. The number of benzene rings is 2. The minimum atomic E-state index is -4.12. The molecule has 4 bridgehead atoms. The number of carbonyl (C=O) groups is 1. The zero-order valence-corrected chi connectivity index (χ0v) is 26.4. The molecule has 9 nitrogen and oxygen atoms in total. The van der Waals surface area contributed by atoms with Gasteiger partial charge in [-0.05, 0) is 86.6 Å². The number of nitrogens with zero attached hydrogens (tertiary/aromatic N) is 3. The highest BCUT2D eigenvalue weighted by Gasteiger charge is 2.33. The number of amides is 1. The Labute approximate surface area is 254 Å². The van der Waals surface area contributed by atoms with Crippen LogP contribution in [0.4, 0.5) is 5.95 Å². The molecule has 2 aromatic carbocycles. The first-order valence-corrected chi connectivity index (χ1v) is 16.5. The molecular formula is C33H42N4O5S. The standard InChI is InChI=1S/C33H42N4O5S/c1-21-8-6-9-22(2)30(21)28-17-29-35-32(34-28)36-43(40,41)27-11-7-10-24(16-27)31(39)37(19-23-12-14-26(38)15-13-23)25(20-42-29)18-33(3,4)5/h6-11,16-17,23,25-26,38H,12-15,18-20H2,1-5H3,(H,34,35,36)/t23?,25-,26?/m1/s1. The van der Waals surface area contributed by atoms with Crippen molar-refractivity contribution in [2.45, 2.75) is 83.8 Å². The monoisotopic (exact) mass is 606 g/mol. The smallest absolute Gasteiger partial charge is 0.264 e. The molecule has 1 aromatic heterocycles. The SMILES string of the molecule is Cc1cccc(C)c1-c1cc2nc(n1)NS(=O)(=O)c1cccc(c1)C(=O)N(CC1CCC(O)CC1)[C@H](CC(C)(C)C)CO2. The Morgan fingerprint density at radius 3 is 2.35 bits per heavy atom.